The Hall–Kier alpha value is -2.15. The lowest BCUT2D eigenvalue weighted by Crippen LogP contribution is -2.25. The van der Waals surface area contributed by atoms with Crippen molar-refractivity contribution in [3.8, 4) is 5.75 Å². The van der Waals surface area contributed by atoms with Gasteiger partial charge < -0.3 is 9.47 Å². The standard InChI is InChI=1S/C11H10ClNO6/c1-6(11(15)18-2)19-10-8(12)3-7(5-14)4-9(10)13(16)17/h3-6H,1-2H3. The molecule has 1 aromatic carbocycles. The highest BCUT2D eigenvalue weighted by Gasteiger charge is 2.25. The van der Waals surface area contributed by atoms with Crippen LogP contribution in [0.15, 0.2) is 12.1 Å². The van der Waals surface area contributed by atoms with E-state index in [2.05, 4.69) is 4.74 Å². The molecule has 0 bridgehead atoms. The van der Waals surface area contributed by atoms with E-state index in [1.54, 1.807) is 0 Å². The van der Waals surface area contributed by atoms with Gasteiger partial charge in [-0.2, -0.15) is 0 Å². The van der Waals surface area contributed by atoms with Gasteiger partial charge in [0.2, 0.25) is 5.75 Å². The van der Waals surface area contributed by atoms with E-state index in [-0.39, 0.29) is 16.3 Å². The number of methoxy groups -OCH3 is 1. The first-order valence-corrected chi connectivity index (χ1v) is 5.46. The number of aldehydes is 1. The number of carbonyl (C=O) groups is 2. The topological polar surface area (TPSA) is 95.7 Å². The number of ether oxygens (including phenoxy) is 2. The normalized spacial score (nSPS) is 11.5. The molecule has 1 aromatic rings. The van der Waals surface area contributed by atoms with Crippen molar-refractivity contribution in [2.45, 2.75) is 13.0 Å². The monoisotopic (exact) mass is 287 g/mol. The number of rotatable bonds is 5. The van der Waals surface area contributed by atoms with Gasteiger partial charge in [0.15, 0.2) is 6.10 Å². The van der Waals surface area contributed by atoms with Crippen LogP contribution in [0, 0.1) is 10.1 Å². The summed E-state index contributed by atoms with van der Waals surface area (Å²) in [6, 6.07) is 2.22. The third-order valence-corrected chi connectivity index (χ3v) is 2.49. The van der Waals surface area contributed by atoms with Gasteiger partial charge in [0.25, 0.3) is 0 Å². The summed E-state index contributed by atoms with van der Waals surface area (Å²) >= 11 is 5.81. The van der Waals surface area contributed by atoms with Crippen LogP contribution >= 0.6 is 11.6 Å². The average molecular weight is 288 g/mol. The van der Waals surface area contributed by atoms with Crippen LogP contribution in [0.5, 0.6) is 5.75 Å². The van der Waals surface area contributed by atoms with Crippen LogP contribution in [0.3, 0.4) is 0 Å². The lowest BCUT2D eigenvalue weighted by atomic mass is 10.2. The van der Waals surface area contributed by atoms with Gasteiger partial charge in [-0.3, -0.25) is 14.9 Å². The zero-order valence-corrected chi connectivity index (χ0v) is 10.8. The van der Waals surface area contributed by atoms with Gasteiger partial charge >= 0.3 is 11.7 Å². The molecular weight excluding hydrogens is 278 g/mol. The van der Waals surface area contributed by atoms with Crippen LogP contribution in [0.25, 0.3) is 0 Å². The molecule has 0 saturated heterocycles. The van der Waals surface area contributed by atoms with Gasteiger partial charge in [0, 0.05) is 11.6 Å². The first kappa shape index (κ1) is 14.9. The number of carbonyl (C=O) groups excluding carboxylic acids is 2. The van der Waals surface area contributed by atoms with Crippen LogP contribution < -0.4 is 4.74 Å². The van der Waals surface area contributed by atoms with Gasteiger partial charge in [-0.05, 0) is 13.0 Å². The van der Waals surface area contributed by atoms with E-state index in [0.29, 0.717) is 6.29 Å². The Kier molecular flexibility index (Phi) is 4.82. The average Bonchev–Trinajstić information content (AvgIpc) is 2.39. The molecule has 7 nitrogen and oxygen atoms in total. The molecule has 0 amide bonds. The molecule has 1 atom stereocenters. The van der Waals surface area contributed by atoms with Gasteiger partial charge in [0.1, 0.15) is 6.29 Å². The highest BCUT2D eigenvalue weighted by Crippen LogP contribution is 2.36. The highest BCUT2D eigenvalue weighted by molar-refractivity contribution is 6.32. The van der Waals surface area contributed by atoms with Crippen LogP contribution in [0.1, 0.15) is 17.3 Å². The molecule has 8 heteroatoms. The summed E-state index contributed by atoms with van der Waals surface area (Å²) in [5.74, 6) is -0.986. The molecule has 102 valence electrons. The fourth-order valence-corrected chi connectivity index (χ4v) is 1.58. The van der Waals surface area contributed by atoms with Gasteiger partial charge in [-0.15, -0.1) is 0 Å². The number of halogens is 1. The van der Waals surface area contributed by atoms with E-state index in [4.69, 9.17) is 16.3 Å². The number of nitro benzene ring substituents is 1. The van der Waals surface area contributed by atoms with E-state index in [9.17, 15) is 19.7 Å². The summed E-state index contributed by atoms with van der Waals surface area (Å²) in [7, 11) is 1.16. The summed E-state index contributed by atoms with van der Waals surface area (Å²) in [5.41, 5.74) is -0.458. The zero-order valence-electron chi connectivity index (χ0n) is 10.1. The van der Waals surface area contributed by atoms with Crippen molar-refractivity contribution in [1.82, 2.24) is 0 Å². The Balaban J connectivity index is 3.22. The molecule has 1 unspecified atom stereocenters. The Labute approximate surface area is 113 Å². The quantitative estimate of drug-likeness (QED) is 0.356. The molecule has 0 heterocycles. The number of nitrogens with zero attached hydrogens (tertiary/aromatic N) is 1. The van der Waals surface area contributed by atoms with Crippen LogP contribution in [-0.2, 0) is 9.53 Å². The van der Waals surface area contributed by atoms with E-state index >= 15 is 0 Å². The van der Waals surface area contributed by atoms with Crippen LogP contribution in [0.4, 0.5) is 5.69 Å². The van der Waals surface area contributed by atoms with Crippen LogP contribution in [-0.4, -0.2) is 30.4 Å². The second kappa shape index (κ2) is 6.14. The molecule has 0 aromatic heterocycles. The Bertz CT molecular complexity index is 530. The van der Waals surface area contributed by atoms with Gasteiger partial charge in [0.05, 0.1) is 17.1 Å². The smallest absolute Gasteiger partial charge is 0.346 e. The molecule has 0 fully saturated rings. The van der Waals surface area contributed by atoms with E-state index in [1.807, 2.05) is 0 Å². The molecule has 0 radical (unpaired) electrons. The number of nitro groups is 1. The van der Waals surface area contributed by atoms with E-state index in [1.165, 1.54) is 13.0 Å². The zero-order chi connectivity index (χ0) is 14.6. The SMILES string of the molecule is COC(=O)C(C)Oc1c(Cl)cc(C=O)cc1[N+](=O)[O-]. The predicted molar refractivity (Wildman–Crippen MR) is 65.6 cm³/mol. The maximum absolute atomic E-state index is 11.2. The van der Waals surface area contributed by atoms with E-state index in [0.717, 1.165) is 13.2 Å². The second-order valence-electron chi connectivity index (χ2n) is 3.51. The molecule has 0 N–H and O–H groups in total. The largest absolute Gasteiger partial charge is 0.471 e. The number of hydrogen-bond acceptors (Lipinski definition) is 6. The third-order valence-electron chi connectivity index (χ3n) is 2.21. The minimum atomic E-state index is -1.07. The molecule has 0 aliphatic carbocycles. The Morgan fingerprint density at radius 2 is 2.16 bits per heavy atom. The van der Waals surface area contributed by atoms with Crippen molar-refractivity contribution in [1.29, 1.82) is 0 Å². The minimum absolute atomic E-state index is 0.0368. The fourth-order valence-electron chi connectivity index (χ4n) is 1.31. The first-order chi connectivity index (χ1) is 8.90. The van der Waals surface area contributed by atoms with Crippen molar-refractivity contribution < 1.29 is 24.0 Å². The first-order valence-electron chi connectivity index (χ1n) is 5.08. The third kappa shape index (κ3) is 3.41. The Morgan fingerprint density at radius 1 is 1.53 bits per heavy atom. The summed E-state index contributed by atoms with van der Waals surface area (Å²) in [5, 5.41) is 10.8. The predicted octanol–water partition coefficient (Wildman–Crippen LogP) is 2.00. The molecule has 0 aliphatic heterocycles. The molecule has 0 spiro atoms. The van der Waals surface area contributed by atoms with Crippen LogP contribution in [0.2, 0.25) is 5.02 Å². The molecule has 19 heavy (non-hydrogen) atoms. The maximum atomic E-state index is 11.2. The maximum Gasteiger partial charge on any atom is 0.346 e. The summed E-state index contributed by atoms with van der Waals surface area (Å²) in [4.78, 5) is 32.0. The van der Waals surface area contributed by atoms with Crippen molar-refractivity contribution in [2.75, 3.05) is 7.11 Å². The number of esters is 1. The van der Waals surface area contributed by atoms with Crippen molar-refractivity contribution in [3.05, 3.63) is 32.8 Å². The van der Waals surface area contributed by atoms with Crippen molar-refractivity contribution >= 4 is 29.5 Å². The van der Waals surface area contributed by atoms with Crippen molar-refractivity contribution in [3.63, 3.8) is 0 Å². The summed E-state index contributed by atoms with van der Waals surface area (Å²) < 4.78 is 9.56. The lowest BCUT2D eigenvalue weighted by molar-refractivity contribution is -0.386. The summed E-state index contributed by atoms with van der Waals surface area (Å²) in [6.07, 6.45) is -0.643. The van der Waals surface area contributed by atoms with E-state index < -0.39 is 22.7 Å². The molecular formula is C11H10ClNO6. The van der Waals surface area contributed by atoms with Gasteiger partial charge in [-0.25, -0.2) is 4.79 Å². The summed E-state index contributed by atoms with van der Waals surface area (Å²) in [6.45, 7) is 1.36. The van der Waals surface area contributed by atoms with Gasteiger partial charge in [-0.1, -0.05) is 11.6 Å². The molecule has 0 saturated carbocycles. The minimum Gasteiger partial charge on any atom is -0.471 e. The van der Waals surface area contributed by atoms with Crippen molar-refractivity contribution in [2.24, 2.45) is 0 Å². The lowest BCUT2D eigenvalue weighted by Gasteiger charge is -2.13. The highest BCUT2D eigenvalue weighted by atomic mass is 35.5. The Morgan fingerprint density at radius 3 is 2.63 bits per heavy atom. The molecule has 0 aliphatic rings. The second-order valence-corrected chi connectivity index (χ2v) is 3.92. The number of hydrogen-bond donors (Lipinski definition) is 0. The molecule has 1 rings (SSSR count). The number of benzene rings is 1. The fraction of sp³-hybridized carbons (Fsp3) is 0.273.